The van der Waals surface area contributed by atoms with Crippen molar-refractivity contribution in [3.8, 4) is 0 Å². The van der Waals surface area contributed by atoms with Crippen LogP contribution in [0.25, 0.3) is 0 Å². The lowest BCUT2D eigenvalue weighted by atomic mass is 10.3. The summed E-state index contributed by atoms with van der Waals surface area (Å²) in [6.45, 7) is 0.246. The molecule has 2 heterocycles. The number of rotatable bonds is 3. The zero-order chi connectivity index (χ0) is 13.1. The number of hydrazine groups is 1. The molecule has 0 aliphatic carbocycles. The van der Waals surface area contributed by atoms with Crippen molar-refractivity contribution in [2.24, 2.45) is 5.84 Å². The Labute approximate surface area is 110 Å². The Kier molecular flexibility index (Phi) is 3.63. The molecule has 0 saturated carbocycles. The van der Waals surface area contributed by atoms with Crippen molar-refractivity contribution in [2.75, 3.05) is 0 Å². The van der Waals surface area contributed by atoms with Gasteiger partial charge in [-0.25, -0.2) is 5.84 Å². The molecule has 2 aromatic rings. The Bertz CT molecular complexity index is 632. The number of nitrogens with zero attached hydrogens (tertiary/aromatic N) is 1. The maximum absolute atomic E-state index is 11.6. The van der Waals surface area contributed by atoms with Crippen molar-refractivity contribution in [3.05, 3.63) is 56.8 Å². The van der Waals surface area contributed by atoms with E-state index >= 15 is 0 Å². The quantitative estimate of drug-likeness (QED) is 0.499. The number of nitrogens with one attached hydrogen (secondary N) is 1. The van der Waals surface area contributed by atoms with Crippen molar-refractivity contribution >= 4 is 21.8 Å². The number of hydrogen-bond acceptors (Lipinski definition) is 4. The summed E-state index contributed by atoms with van der Waals surface area (Å²) in [5.74, 6) is 5.06. The summed E-state index contributed by atoms with van der Waals surface area (Å²) < 4.78 is 7.45. The number of carbonyl (C=O) groups excluding carboxylic acids is 1. The zero-order valence-electron chi connectivity index (χ0n) is 9.22. The SMILES string of the molecule is NNC(=O)c1coc(Cn2cc(Br)ccc2=O)c1. The van der Waals surface area contributed by atoms with E-state index < -0.39 is 5.91 Å². The summed E-state index contributed by atoms with van der Waals surface area (Å²) in [7, 11) is 0. The molecule has 3 N–H and O–H groups in total. The molecule has 0 saturated heterocycles. The molecule has 18 heavy (non-hydrogen) atoms. The van der Waals surface area contributed by atoms with E-state index in [1.807, 2.05) is 5.43 Å². The smallest absolute Gasteiger partial charge is 0.268 e. The van der Waals surface area contributed by atoms with Crippen molar-refractivity contribution in [2.45, 2.75) is 6.54 Å². The number of carbonyl (C=O) groups is 1. The fourth-order valence-corrected chi connectivity index (χ4v) is 1.84. The van der Waals surface area contributed by atoms with Crippen LogP contribution in [0, 0.1) is 0 Å². The van der Waals surface area contributed by atoms with Crippen LogP contribution in [0.3, 0.4) is 0 Å². The largest absolute Gasteiger partial charge is 0.467 e. The predicted molar refractivity (Wildman–Crippen MR) is 67.9 cm³/mol. The fraction of sp³-hybridized carbons (Fsp3) is 0.0909. The number of pyridine rings is 1. The number of aromatic nitrogens is 1. The molecule has 0 atom stereocenters. The first-order valence-corrected chi connectivity index (χ1v) is 5.84. The highest BCUT2D eigenvalue weighted by atomic mass is 79.9. The van der Waals surface area contributed by atoms with Crippen LogP contribution >= 0.6 is 15.9 Å². The summed E-state index contributed by atoms with van der Waals surface area (Å²) in [6, 6.07) is 4.64. The molecule has 0 aliphatic rings. The second-order valence-electron chi connectivity index (χ2n) is 3.59. The number of halogens is 1. The maximum atomic E-state index is 11.6. The van der Waals surface area contributed by atoms with Gasteiger partial charge < -0.3 is 8.98 Å². The van der Waals surface area contributed by atoms with Crippen molar-refractivity contribution < 1.29 is 9.21 Å². The molecular weight excluding hydrogens is 302 g/mol. The third kappa shape index (κ3) is 2.69. The lowest BCUT2D eigenvalue weighted by Crippen LogP contribution is -2.29. The normalized spacial score (nSPS) is 10.3. The molecule has 0 radical (unpaired) electrons. The average Bonchev–Trinajstić information content (AvgIpc) is 2.81. The zero-order valence-corrected chi connectivity index (χ0v) is 10.8. The molecule has 2 rings (SSSR count). The summed E-state index contributed by atoms with van der Waals surface area (Å²) in [6.07, 6.45) is 2.94. The van der Waals surface area contributed by atoms with Crippen molar-refractivity contribution in [3.63, 3.8) is 0 Å². The van der Waals surface area contributed by atoms with E-state index in [9.17, 15) is 9.59 Å². The van der Waals surface area contributed by atoms with Gasteiger partial charge >= 0.3 is 0 Å². The van der Waals surface area contributed by atoms with Crippen LogP contribution in [0.15, 0.2) is 44.3 Å². The highest BCUT2D eigenvalue weighted by Crippen LogP contribution is 2.10. The molecule has 0 fully saturated rings. The van der Waals surface area contributed by atoms with Gasteiger partial charge in [0.2, 0.25) is 0 Å². The van der Waals surface area contributed by atoms with Crippen LogP contribution in [-0.2, 0) is 6.54 Å². The van der Waals surface area contributed by atoms with E-state index in [-0.39, 0.29) is 12.1 Å². The van der Waals surface area contributed by atoms with Gasteiger partial charge in [0.15, 0.2) is 0 Å². The summed E-state index contributed by atoms with van der Waals surface area (Å²) in [4.78, 5) is 22.8. The summed E-state index contributed by atoms with van der Waals surface area (Å²) in [5, 5.41) is 0. The highest BCUT2D eigenvalue weighted by Gasteiger charge is 2.09. The van der Waals surface area contributed by atoms with Crippen molar-refractivity contribution in [1.82, 2.24) is 9.99 Å². The van der Waals surface area contributed by atoms with Crippen LogP contribution in [0.5, 0.6) is 0 Å². The van der Waals surface area contributed by atoms with Gasteiger partial charge in [0.05, 0.1) is 12.1 Å². The Morgan fingerprint density at radius 1 is 1.50 bits per heavy atom. The Balaban J connectivity index is 2.24. The molecule has 2 aromatic heterocycles. The number of nitrogen functional groups attached to an aromatic ring is 1. The number of amides is 1. The van der Waals surface area contributed by atoms with Gasteiger partial charge in [0.25, 0.3) is 11.5 Å². The average molecular weight is 312 g/mol. The number of hydrogen-bond donors (Lipinski definition) is 2. The minimum Gasteiger partial charge on any atom is -0.467 e. The molecule has 94 valence electrons. The highest BCUT2D eigenvalue weighted by molar-refractivity contribution is 9.10. The number of nitrogens with two attached hydrogens (primary N) is 1. The van der Waals surface area contributed by atoms with Gasteiger partial charge in [-0.3, -0.25) is 15.0 Å². The third-order valence-corrected chi connectivity index (χ3v) is 2.79. The molecule has 7 heteroatoms. The first-order chi connectivity index (χ1) is 8.60. The first-order valence-electron chi connectivity index (χ1n) is 5.04. The van der Waals surface area contributed by atoms with Crippen LogP contribution < -0.4 is 16.8 Å². The van der Waals surface area contributed by atoms with E-state index in [1.165, 1.54) is 23.0 Å². The minimum atomic E-state index is -0.438. The lowest BCUT2D eigenvalue weighted by molar-refractivity contribution is 0.0953. The molecular formula is C11H10BrN3O3. The Hall–Kier alpha value is -1.86. The van der Waals surface area contributed by atoms with E-state index in [1.54, 1.807) is 12.3 Å². The molecule has 0 unspecified atom stereocenters. The molecule has 6 nitrogen and oxygen atoms in total. The Morgan fingerprint density at radius 2 is 2.28 bits per heavy atom. The predicted octanol–water partition coefficient (Wildman–Crippen LogP) is 0.856. The van der Waals surface area contributed by atoms with Gasteiger partial charge in [-0.05, 0) is 28.1 Å². The van der Waals surface area contributed by atoms with Crippen LogP contribution in [0.1, 0.15) is 16.1 Å². The monoisotopic (exact) mass is 311 g/mol. The van der Waals surface area contributed by atoms with E-state index in [0.29, 0.717) is 11.3 Å². The van der Waals surface area contributed by atoms with E-state index in [0.717, 1.165) is 4.47 Å². The first kappa shape index (κ1) is 12.6. The van der Waals surface area contributed by atoms with Gasteiger partial charge in [-0.2, -0.15) is 0 Å². The van der Waals surface area contributed by atoms with Crippen molar-refractivity contribution in [1.29, 1.82) is 0 Å². The molecule has 0 spiro atoms. The second kappa shape index (κ2) is 5.19. The van der Waals surface area contributed by atoms with E-state index in [4.69, 9.17) is 10.3 Å². The Morgan fingerprint density at radius 3 is 3.00 bits per heavy atom. The van der Waals surface area contributed by atoms with Gasteiger partial charge in [-0.1, -0.05) is 0 Å². The second-order valence-corrected chi connectivity index (χ2v) is 4.50. The standard InChI is InChI=1S/C11H10BrN3O3/c12-8-1-2-10(16)15(4-8)5-9-3-7(6-18-9)11(17)14-13/h1-4,6H,5,13H2,(H,14,17). The van der Waals surface area contributed by atoms with Crippen LogP contribution in [-0.4, -0.2) is 10.5 Å². The maximum Gasteiger partial charge on any atom is 0.268 e. The van der Waals surface area contributed by atoms with Crippen LogP contribution in [0.4, 0.5) is 0 Å². The van der Waals surface area contributed by atoms with Gasteiger partial charge in [0.1, 0.15) is 12.0 Å². The molecule has 0 bridgehead atoms. The summed E-state index contributed by atoms with van der Waals surface area (Å²) >= 11 is 3.28. The molecule has 0 aliphatic heterocycles. The molecule has 0 aromatic carbocycles. The van der Waals surface area contributed by atoms with E-state index in [2.05, 4.69) is 15.9 Å². The van der Waals surface area contributed by atoms with Gasteiger partial charge in [-0.15, -0.1) is 0 Å². The summed E-state index contributed by atoms with van der Waals surface area (Å²) in [5.41, 5.74) is 2.17. The minimum absolute atomic E-state index is 0.153. The van der Waals surface area contributed by atoms with Crippen LogP contribution in [0.2, 0.25) is 0 Å². The molecule has 1 amide bonds. The lowest BCUT2D eigenvalue weighted by Gasteiger charge is -2.02. The third-order valence-electron chi connectivity index (χ3n) is 2.32. The van der Waals surface area contributed by atoms with Gasteiger partial charge in [0, 0.05) is 16.7 Å². The fourth-order valence-electron chi connectivity index (χ4n) is 1.46. The number of furan rings is 1. The topological polar surface area (TPSA) is 90.3 Å².